The summed E-state index contributed by atoms with van der Waals surface area (Å²) in [6, 6.07) is 8.28. The molecule has 0 aliphatic carbocycles. The average Bonchev–Trinajstić information content (AvgIpc) is 3.42. The molecular weight excluding hydrogens is 461 g/mol. The number of urea groups is 2. The molecule has 1 N–H and O–H groups in total. The summed E-state index contributed by atoms with van der Waals surface area (Å²) in [5, 5.41) is 8.59. The lowest BCUT2D eigenvalue weighted by molar-refractivity contribution is -0.141. The third kappa shape index (κ3) is 5.08. The smallest absolute Gasteiger partial charge is 0.330 e. The van der Waals surface area contributed by atoms with Crippen LogP contribution < -0.4 is 5.32 Å². The van der Waals surface area contributed by atoms with Gasteiger partial charge in [0, 0.05) is 25.8 Å². The SMILES string of the molecule is CCN1CCN([C@H]2CN(C(=O)N[C@H](C)c3ccc(C(F)(F)F)nc3)N=C2c2ccc(C)cc2)C1=O. The van der Waals surface area contributed by atoms with Crippen LogP contribution >= 0.6 is 0 Å². The maximum Gasteiger partial charge on any atom is 0.433 e. The zero-order valence-corrected chi connectivity index (χ0v) is 19.7. The Hall–Kier alpha value is -3.63. The van der Waals surface area contributed by atoms with Gasteiger partial charge >= 0.3 is 18.2 Å². The first kappa shape index (κ1) is 24.5. The first-order valence-corrected chi connectivity index (χ1v) is 11.4. The Morgan fingerprint density at radius 3 is 2.46 bits per heavy atom. The van der Waals surface area contributed by atoms with Crippen LogP contribution in [0, 0.1) is 6.92 Å². The summed E-state index contributed by atoms with van der Waals surface area (Å²) in [4.78, 5) is 32.9. The van der Waals surface area contributed by atoms with E-state index in [2.05, 4.69) is 15.4 Å². The Morgan fingerprint density at radius 2 is 1.89 bits per heavy atom. The zero-order valence-electron chi connectivity index (χ0n) is 19.7. The van der Waals surface area contributed by atoms with E-state index in [9.17, 15) is 22.8 Å². The molecular formula is C24H27F3N6O2. The Labute approximate surface area is 201 Å². The molecule has 1 fully saturated rings. The van der Waals surface area contributed by atoms with E-state index in [1.165, 1.54) is 11.1 Å². The van der Waals surface area contributed by atoms with Crippen LogP contribution in [0.3, 0.4) is 0 Å². The molecule has 1 aromatic carbocycles. The van der Waals surface area contributed by atoms with Gasteiger partial charge in [0.05, 0.1) is 24.3 Å². The molecule has 4 rings (SSSR count). The van der Waals surface area contributed by atoms with Crippen molar-refractivity contribution in [3.63, 3.8) is 0 Å². The molecule has 8 nitrogen and oxygen atoms in total. The van der Waals surface area contributed by atoms with Crippen LogP contribution in [0.4, 0.5) is 22.8 Å². The minimum atomic E-state index is -4.53. The summed E-state index contributed by atoms with van der Waals surface area (Å²) in [6.07, 6.45) is -3.43. The fourth-order valence-electron chi connectivity index (χ4n) is 4.19. The standard InChI is InChI=1S/C24H27F3N6O2/c1-4-31-11-12-32(23(31)35)19-14-33(30-21(19)17-7-5-15(2)6-8-17)22(34)29-16(3)18-9-10-20(28-13-18)24(25,26)27/h5-10,13,16,19H,4,11-12,14H2,1-3H3,(H,29,34)/t16-,19+/m1/s1. The summed E-state index contributed by atoms with van der Waals surface area (Å²) in [7, 11) is 0. The first-order chi connectivity index (χ1) is 16.6. The van der Waals surface area contributed by atoms with Gasteiger partial charge in [-0.25, -0.2) is 14.6 Å². The summed E-state index contributed by atoms with van der Waals surface area (Å²) < 4.78 is 38.4. The Balaban J connectivity index is 1.53. The maximum absolute atomic E-state index is 13.0. The highest BCUT2D eigenvalue weighted by molar-refractivity contribution is 6.08. The largest absolute Gasteiger partial charge is 0.433 e. The van der Waals surface area contributed by atoms with Gasteiger partial charge in [-0.2, -0.15) is 18.3 Å². The van der Waals surface area contributed by atoms with Crippen LogP contribution in [0.5, 0.6) is 0 Å². The number of aryl methyl sites for hydroxylation is 1. The van der Waals surface area contributed by atoms with E-state index in [0.29, 0.717) is 30.9 Å². The number of rotatable bonds is 5. The number of nitrogens with one attached hydrogen (secondary N) is 1. The van der Waals surface area contributed by atoms with Crippen LogP contribution in [0.15, 0.2) is 47.7 Å². The van der Waals surface area contributed by atoms with Gasteiger partial charge < -0.3 is 15.1 Å². The quantitative estimate of drug-likeness (QED) is 0.690. The molecule has 186 valence electrons. The first-order valence-electron chi connectivity index (χ1n) is 11.4. The number of likely N-dealkylation sites (N-methyl/N-ethyl adjacent to an activating group) is 1. The zero-order chi connectivity index (χ0) is 25.3. The Bertz CT molecular complexity index is 1120. The number of hydrazone groups is 1. The van der Waals surface area contributed by atoms with Crippen molar-refractivity contribution < 1.29 is 22.8 Å². The third-order valence-corrected chi connectivity index (χ3v) is 6.27. The van der Waals surface area contributed by atoms with Gasteiger partial charge in [-0.1, -0.05) is 35.9 Å². The minimum absolute atomic E-state index is 0.0937. The number of alkyl halides is 3. The van der Waals surface area contributed by atoms with E-state index in [1.807, 2.05) is 38.1 Å². The second kappa shape index (κ2) is 9.55. The number of carbonyl (C=O) groups excluding carboxylic acids is 2. The molecule has 0 radical (unpaired) electrons. The van der Waals surface area contributed by atoms with Gasteiger partial charge in [-0.3, -0.25) is 4.98 Å². The summed E-state index contributed by atoms with van der Waals surface area (Å²) in [5.74, 6) is 0. The number of benzene rings is 1. The fourth-order valence-corrected chi connectivity index (χ4v) is 4.19. The molecule has 2 aromatic rings. The lowest BCUT2D eigenvalue weighted by atomic mass is 10.0. The number of halogens is 3. The van der Waals surface area contributed by atoms with Crippen molar-refractivity contribution in [1.29, 1.82) is 0 Å². The van der Waals surface area contributed by atoms with Crippen molar-refractivity contribution in [3.8, 4) is 0 Å². The van der Waals surface area contributed by atoms with Crippen molar-refractivity contribution in [3.05, 3.63) is 65.0 Å². The number of aromatic nitrogens is 1. The second-order valence-corrected chi connectivity index (χ2v) is 8.65. The maximum atomic E-state index is 13.0. The number of carbonyl (C=O) groups is 2. The van der Waals surface area contributed by atoms with Crippen molar-refractivity contribution in [1.82, 2.24) is 25.1 Å². The fraction of sp³-hybridized carbons (Fsp3) is 0.417. The van der Waals surface area contributed by atoms with Crippen LogP contribution in [0.2, 0.25) is 0 Å². The van der Waals surface area contributed by atoms with Crippen LogP contribution in [-0.2, 0) is 6.18 Å². The summed E-state index contributed by atoms with van der Waals surface area (Å²) in [6.45, 7) is 7.46. The second-order valence-electron chi connectivity index (χ2n) is 8.65. The highest BCUT2D eigenvalue weighted by Gasteiger charge is 2.41. The monoisotopic (exact) mass is 488 g/mol. The Kier molecular flexibility index (Phi) is 6.68. The lowest BCUT2D eigenvalue weighted by Gasteiger charge is -2.26. The molecule has 1 aromatic heterocycles. The molecule has 2 aliphatic heterocycles. The van der Waals surface area contributed by atoms with E-state index in [0.717, 1.165) is 23.4 Å². The van der Waals surface area contributed by atoms with Gasteiger partial charge in [-0.05, 0) is 38.0 Å². The highest BCUT2D eigenvalue weighted by atomic mass is 19.4. The third-order valence-electron chi connectivity index (χ3n) is 6.27. The number of hydrogen-bond donors (Lipinski definition) is 1. The number of hydrogen-bond acceptors (Lipinski definition) is 4. The molecule has 3 heterocycles. The predicted molar refractivity (Wildman–Crippen MR) is 124 cm³/mol. The molecule has 4 amide bonds. The van der Waals surface area contributed by atoms with Gasteiger partial charge in [-0.15, -0.1) is 0 Å². The molecule has 1 saturated heterocycles. The van der Waals surface area contributed by atoms with Crippen LogP contribution in [-0.4, -0.2) is 69.8 Å². The van der Waals surface area contributed by atoms with Crippen molar-refractivity contribution in [2.75, 3.05) is 26.2 Å². The molecule has 2 atom stereocenters. The van der Waals surface area contributed by atoms with E-state index >= 15 is 0 Å². The van der Waals surface area contributed by atoms with Crippen molar-refractivity contribution in [2.24, 2.45) is 5.10 Å². The normalized spacial score (nSPS) is 19.3. The van der Waals surface area contributed by atoms with E-state index in [1.54, 1.807) is 16.7 Å². The van der Waals surface area contributed by atoms with Crippen LogP contribution in [0.1, 0.15) is 42.3 Å². The summed E-state index contributed by atoms with van der Waals surface area (Å²) >= 11 is 0. The molecule has 35 heavy (non-hydrogen) atoms. The molecule has 11 heteroatoms. The topological polar surface area (TPSA) is 81.1 Å². The van der Waals surface area contributed by atoms with Crippen molar-refractivity contribution in [2.45, 2.75) is 39.0 Å². The molecule has 0 bridgehead atoms. The van der Waals surface area contributed by atoms with Gasteiger partial charge in [0.1, 0.15) is 5.69 Å². The number of amides is 4. The average molecular weight is 489 g/mol. The number of pyridine rings is 1. The van der Waals surface area contributed by atoms with Gasteiger partial charge in [0.25, 0.3) is 0 Å². The summed E-state index contributed by atoms with van der Waals surface area (Å²) in [5.41, 5.74) is 1.95. The van der Waals surface area contributed by atoms with Gasteiger partial charge in [0.2, 0.25) is 0 Å². The predicted octanol–water partition coefficient (Wildman–Crippen LogP) is 4.03. The highest BCUT2D eigenvalue weighted by Crippen LogP contribution is 2.28. The minimum Gasteiger partial charge on any atom is -0.330 e. The van der Waals surface area contributed by atoms with E-state index < -0.39 is 30.0 Å². The number of nitrogens with zero attached hydrogens (tertiary/aromatic N) is 5. The van der Waals surface area contributed by atoms with E-state index in [4.69, 9.17) is 0 Å². The van der Waals surface area contributed by atoms with Crippen LogP contribution in [0.25, 0.3) is 0 Å². The van der Waals surface area contributed by atoms with Gasteiger partial charge in [0.15, 0.2) is 0 Å². The molecule has 2 aliphatic rings. The van der Waals surface area contributed by atoms with Crippen molar-refractivity contribution >= 4 is 17.8 Å². The molecule has 0 saturated carbocycles. The van der Waals surface area contributed by atoms with E-state index in [-0.39, 0.29) is 12.6 Å². The molecule has 0 spiro atoms. The lowest BCUT2D eigenvalue weighted by Crippen LogP contribution is -2.47. The Morgan fingerprint density at radius 1 is 1.17 bits per heavy atom. The molecule has 0 unspecified atom stereocenters.